The third-order valence-electron chi connectivity index (χ3n) is 4.62. The summed E-state index contributed by atoms with van der Waals surface area (Å²) >= 11 is 0. The van der Waals surface area contributed by atoms with Crippen LogP contribution in [0, 0.1) is 5.92 Å². The molecule has 0 radical (unpaired) electrons. The zero-order chi connectivity index (χ0) is 17.7. The average molecular weight is 335 g/mol. The number of aromatic amines is 1. The molecule has 0 bridgehead atoms. The molecule has 2 heterocycles. The second kappa shape index (κ2) is 8.17. The van der Waals surface area contributed by atoms with Crippen LogP contribution in [0.4, 0.5) is 10.6 Å². The Balaban J connectivity index is 1.85. The minimum atomic E-state index is -0.0653. The largest absolute Gasteiger partial charge is 0.331 e. The van der Waals surface area contributed by atoms with Crippen molar-refractivity contribution in [2.24, 2.45) is 5.92 Å². The Morgan fingerprint density at radius 1 is 1.42 bits per heavy atom. The number of nitrogens with zero attached hydrogens (tertiary/aromatic N) is 3. The predicted octanol–water partition coefficient (Wildman–Crippen LogP) is 2.65. The SMILES string of the molecule is CCCC(C)c1cc(NC(=O)C2CCN(C(=O)N(C)C)CC2)n[nH]1. The first-order valence-electron chi connectivity index (χ1n) is 8.74. The van der Waals surface area contributed by atoms with Crippen LogP contribution >= 0.6 is 0 Å². The summed E-state index contributed by atoms with van der Waals surface area (Å²) in [5.74, 6) is 0.927. The Labute approximate surface area is 143 Å². The fraction of sp³-hybridized carbons (Fsp3) is 0.706. The molecule has 3 amide bonds. The van der Waals surface area contributed by atoms with Crippen molar-refractivity contribution in [3.8, 4) is 0 Å². The summed E-state index contributed by atoms with van der Waals surface area (Å²) in [5.41, 5.74) is 1.05. The normalized spacial score (nSPS) is 16.8. The second-order valence-electron chi connectivity index (χ2n) is 6.83. The Morgan fingerprint density at radius 2 is 2.08 bits per heavy atom. The second-order valence-corrected chi connectivity index (χ2v) is 6.83. The zero-order valence-electron chi connectivity index (χ0n) is 15.1. The summed E-state index contributed by atoms with van der Waals surface area (Å²) < 4.78 is 0. The first-order valence-corrected chi connectivity index (χ1v) is 8.74. The van der Waals surface area contributed by atoms with Gasteiger partial charge in [-0.3, -0.25) is 9.89 Å². The van der Waals surface area contributed by atoms with Crippen molar-refractivity contribution in [2.75, 3.05) is 32.5 Å². The van der Waals surface area contributed by atoms with E-state index >= 15 is 0 Å². The van der Waals surface area contributed by atoms with Crippen LogP contribution in [0.3, 0.4) is 0 Å². The van der Waals surface area contributed by atoms with Crippen LogP contribution < -0.4 is 5.32 Å². The summed E-state index contributed by atoms with van der Waals surface area (Å²) in [6.45, 7) is 5.55. The molecule has 1 aromatic rings. The number of aromatic nitrogens is 2. The highest BCUT2D eigenvalue weighted by Gasteiger charge is 2.28. The van der Waals surface area contributed by atoms with Gasteiger partial charge in [0.1, 0.15) is 0 Å². The minimum Gasteiger partial charge on any atom is -0.331 e. The van der Waals surface area contributed by atoms with Crippen LogP contribution in [-0.2, 0) is 4.79 Å². The van der Waals surface area contributed by atoms with Crippen molar-refractivity contribution in [2.45, 2.75) is 45.4 Å². The summed E-state index contributed by atoms with van der Waals surface area (Å²) in [4.78, 5) is 27.7. The molecule has 1 fully saturated rings. The number of carbonyl (C=O) groups is 2. The highest BCUT2D eigenvalue weighted by Crippen LogP contribution is 2.23. The number of anilines is 1. The first kappa shape index (κ1) is 18.3. The third kappa shape index (κ3) is 4.49. The molecule has 0 aliphatic carbocycles. The van der Waals surface area contributed by atoms with Crippen LogP contribution in [0.25, 0.3) is 0 Å². The highest BCUT2D eigenvalue weighted by atomic mass is 16.2. The molecule has 134 valence electrons. The summed E-state index contributed by atoms with van der Waals surface area (Å²) in [5, 5.41) is 10.1. The number of urea groups is 1. The molecule has 7 nitrogen and oxygen atoms in total. The van der Waals surface area contributed by atoms with Crippen LogP contribution in [0.1, 0.15) is 51.1 Å². The molecule has 0 spiro atoms. The van der Waals surface area contributed by atoms with Crippen molar-refractivity contribution >= 4 is 17.8 Å². The smallest absolute Gasteiger partial charge is 0.319 e. The van der Waals surface area contributed by atoms with E-state index in [1.54, 1.807) is 23.9 Å². The van der Waals surface area contributed by atoms with Gasteiger partial charge in [-0.2, -0.15) is 5.10 Å². The van der Waals surface area contributed by atoms with Gasteiger partial charge in [0.05, 0.1) is 0 Å². The standard InChI is InChI=1S/C17H29N5O2/c1-5-6-12(2)14-11-15(20-19-14)18-16(23)13-7-9-22(10-8-13)17(24)21(3)4/h11-13H,5-10H2,1-4H3,(H2,18,19,20,23). The lowest BCUT2D eigenvalue weighted by atomic mass is 9.96. The van der Waals surface area contributed by atoms with Gasteiger partial charge in [0.15, 0.2) is 5.82 Å². The molecule has 1 atom stereocenters. The molecule has 1 unspecified atom stereocenters. The molecular weight excluding hydrogens is 306 g/mol. The van der Waals surface area contributed by atoms with Gasteiger partial charge in [-0.25, -0.2) is 4.79 Å². The van der Waals surface area contributed by atoms with Gasteiger partial charge in [0.2, 0.25) is 5.91 Å². The van der Waals surface area contributed by atoms with Crippen LogP contribution in [-0.4, -0.2) is 59.1 Å². The summed E-state index contributed by atoms with van der Waals surface area (Å²) in [6.07, 6.45) is 3.59. The Bertz CT molecular complexity index is 561. The summed E-state index contributed by atoms with van der Waals surface area (Å²) in [6, 6.07) is 1.93. The number of nitrogens with one attached hydrogen (secondary N) is 2. The van der Waals surface area contributed by atoms with E-state index in [9.17, 15) is 9.59 Å². The number of amides is 3. The number of carbonyl (C=O) groups excluding carboxylic acids is 2. The van der Waals surface area contributed by atoms with Crippen LogP contribution in [0.15, 0.2) is 6.07 Å². The average Bonchev–Trinajstić information content (AvgIpc) is 3.03. The zero-order valence-corrected chi connectivity index (χ0v) is 15.1. The molecule has 2 rings (SSSR count). The van der Waals surface area contributed by atoms with Gasteiger partial charge < -0.3 is 15.1 Å². The lowest BCUT2D eigenvalue weighted by molar-refractivity contribution is -0.121. The van der Waals surface area contributed by atoms with Crippen molar-refractivity contribution < 1.29 is 9.59 Å². The highest BCUT2D eigenvalue weighted by molar-refractivity contribution is 5.91. The Kier molecular flexibility index (Phi) is 6.23. The number of H-pyrrole nitrogens is 1. The lowest BCUT2D eigenvalue weighted by Crippen LogP contribution is -2.45. The van der Waals surface area contributed by atoms with Crippen LogP contribution in [0.5, 0.6) is 0 Å². The van der Waals surface area contributed by atoms with Gasteiger partial charge in [-0.15, -0.1) is 0 Å². The number of piperidine rings is 1. The van der Waals surface area contributed by atoms with Crippen molar-refractivity contribution in [1.29, 1.82) is 0 Å². The molecule has 0 saturated carbocycles. The van der Waals surface area contributed by atoms with Gasteiger partial charge in [0, 0.05) is 44.9 Å². The molecule has 7 heteroatoms. The topological polar surface area (TPSA) is 81.3 Å². The van der Waals surface area contributed by atoms with Crippen LogP contribution in [0.2, 0.25) is 0 Å². The van der Waals surface area contributed by atoms with E-state index in [-0.39, 0.29) is 17.9 Å². The summed E-state index contributed by atoms with van der Waals surface area (Å²) in [7, 11) is 3.49. The van der Waals surface area contributed by atoms with Crippen molar-refractivity contribution in [3.05, 3.63) is 11.8 Å². The third-order valence-corrected chi connectivity index (χ3v) is 4.62. The fourth-order valence-electron chi connectivity index (χ4n) is 3.09. The monoisotopic (exact) mass is 335 g/mol. The molecule has 1 aliphatic rings. The lowest BCUT2D eigenvalue weighted by Gasteiger charge is -2.32. The van der Waals surface area contributed by atoms with E-state index in [1.807, 2.05) is 6.07 Å². The maximum absolute atomic E-state index is 12.4. The van der Waals surface area contributed by atoms with Gasteiger partial charge in [-0.05, 0) is 25.2 Å². The van der Waals surface area contributed by atoms with Gasteiger partial charge >= 0.3 is 6.03 Å². The molecular formula is C17H29N5O2. The first-order chi connectivity index (χ1) is 11.4. The van der Waals surface area contributed by atoms with E-state index in [4.69, 9.17) is 0 Å². The van der Waals surface area contributed by atoms with E-state index in [0.717, 1.165) is 18.5 Å². The van der Waals surface area contributed by atoms with E-state index in [2.05, 4.69) is 29.4 Å². The van der Waals surface area contributed by atoms with E-state index in [0.29, 0.717) is 37.7 Å². The van der Waals surface area contributed by atoms with E-state index < -0.39 is 0 Å². The van der Waals surface area contributed by atoms with Crippen molar-refractivity contribution in [1.82, 2.24) is 20.0 Å². The predicted molar refractivity (Wildman–Crippen MR) is 93.9 cm³/mol. The Hall–Kier alpha value is -2.05. The number of hydrogen-bond donors (Lipinski definition) is 2. The molecule has 1 saturated heterocycles. The molecule has 0 aromatic carbocycles. The van der Waals surface area contributed by atoms with Crippen molar-refractivity contribution in [3.63, 3.8) is 0 Å². The molecule has 1 aliphatic heterocycles. The number of rotatable bonds is 5. The quantitative estimate of drug-likeness (QED) is 0.868. The fourth-order valence-corrected chi connectivity index (χ4v) is 3.09. The Morgan fingerprint density at radius 3 is 2.67 bits per heavy atom. The van der Waals surface area contributed by atoms with Gasteiger partial charge in [0.25, 0.3) is 0 Å². The molecule has 1 aromatic heterocycles. The maximum Gasteiger partial charge on any atom is 0.319 e. The minimum absolute atomic E-state index is 0.00635. The maximum atomic E-state index is 12.4. The molecule has 2 N–H and O–H groups in total. The number of hydrogen-bond acceptors (Lipinski definition) is 3. The van der Waals surface area contributed by atoms with Gasteiger partial charge in [-0.1, -0.05) is 20.3 Å². The van der Waals surface area contributed by atoms with E-state index in [1.165, 1.54) is 0 Å². The number of likely N-dealkylation sites (tertiary alicyclic amines) is 1. The molecule has 24 heavy (non-hydrogen) atoms.